The largest absolute Gasteiger partial charge is 0.267 e. The summed E-state index contributed by atoms with van der Waals surface area (Å²) < 4.78 is 0.892. The lowest BCUT2D eigenvalue weighted by Gasteiger charge is -2.26. The van der Waals surface area contributed by atoms with Crippen LogP contribution in [0.4, 0.5) is 5.69 Å². The van der Waals surface area contributed by atoms with E-state index in [1.165, 1.54) is 33.3 Å². The van der Waals surface area contributed by atoms with Crippen molar-refractivity contribution < 1.29 is 0 Å². The molecule has 0 fully saturated rings. The van der Waals surface area contributed by atoms with E-state index in [0.717, 1.165) is 10.9 Å². The van der Waals surface area contributed by atoms with Gasteiger partial charge in [-0.3, -0.25) is 4.48 Å². The van der Waals surface area contributed by atoms with Crippen molar-refractivity contribution in [2.24, 2.45) is 0 Å². The third-order valence-electron chi connectivity index (χ3n) is 4.44. The van der Waals surface area contributed by atoms with Crippen LogP contribution in [0.2, 0.25) is 0 Å². The number of rotatable bonds is 1. The first-order valence-corrected chi connectivity index (χ1v) is 6.64. The van der Waals surface area contributed by atoms with Gasteiger partial charge in [0.25, 0.3) is 0 Å². The Balaban J connectivity index is 2.46. The second-order valence-corrected chi connectivity index (χ2v) is 5.55. The third kappa shape index (κ3) is 1.31. The highest BCUT2D eigenvalue weighted by molar-refractivity contribution is 6.02. The monoisotopic (exact) mass is 238 g/mol. The van der Waals surface area contributed by atoms with Gasteiger partial charge < -0.3 is 0 Å². The molecular weight excluding hydrogens is 218 g/mol. The summed E-state index contributed by atoms with van der Waals surface area (Å²) in [5, 5.41) is 2.74. The molecule has 3 rings (SSSR count). The van der Waals surface area contributed by atoms with Gasteiger partial charge in [-0.05, 0) is 23.3 Å². The van der Waals surface area contributed by atoms with Crippen molar-refractivity contribution in [3.63, 3.8) is 0 Å². The summed E-state index contributed by atoms with van der Waals surface area (Å²) in [6.45, 7) is 4.53. The van der Waals surface area contributed by atoms with E-state index in [1.807, 2.05) is 0 Å². The summed E-state index contributed by atoms with van der Waals surface area (Å²) in [7, 11) is 4.57. The predicted octanol–water partition coefficient (Wildman–Crippen LogP) is 4.56. The average molecular weight is 238 g/mol. The summed E-state index contributed by atoms with van der Waals surface area (Å²) in [6.07, 6.45) is 1.11. The maximum Gasteiger partial charge on any atom is 0.145 e. The van der Waals surface area contributed by atoms with Crippen molar-refractivity contribution in [3.8, 4) is 0 Å². The highest BCUT2D eigenvalue weighted by Crippen LogP contribution is 2.47. The van der Waals surface area contributed by atoms with Gasteiger partial charge in [0, 0.05) is 18.6 Å². The van der Waals surface area contributed by atoms with E-state index in [4.69, 9.17) is 0 Å². The molecule has 1 aliphatic rings. The van der Waals surface area contributed by atoms with Crippen LogP contribution in [0.15, 0.2) is 42.1 Å². The van der Waals surface area contributed by atoms with Crippen LogP contribution in [0.3, 0.4) is 0 Å². The number of benzene rings is 2. The predicted molar refractivity (Wildman–Crippen MR) is 80.5 cm³/mol. The fraction of sp³-hybridized carbons (Fsp3) is 0.294. The minimum absolute atomic E-state index is 0.892. The maximum absolute atomic E-state index is 2.30. The number of quaternary nitrogens is 1. The van der Waals surface area contributed by atoms with Crippen molar-refractivity contribution in [1.82, 2.24) is 4.48 Å². The fourth-order valence-electron chi connectivity index (χ4n) is 3.17. The van der Waals surface area contributed by atoms with E-state index >= 15 is 0 Å². The van der Waals surface area contributed by atoms with Crippen LogP contribution >= 0.6 is 0 Å². The van der Waals surface area contributed by atoms with E-state index in [9.17, 15) is 0 Å². The van der Waals surface area contributed by atoms with Gasteiger partial charge in [-0.1, -0.05) is 31.2 Å². The second kappa shape index (κ2) is 3.69. The van der Waals surface area contributed by atoms with Crippen LogP contribution in [0, 0.1) is 0 Å². The number of hydrogen-bond acceptors (Lipinski definition) is 0. The Labute approximate surface area is 109 Å². The maximum atomic E-state index is 2.30. The van der Waals surface area contributed by atoms with Gasteiger partial charge in [-0.15, -0.1) is 0 Å². The molecule has 0 aromatic heterocycles. The minimum Gasteiger partial charge on any atom is -0.267 e. The standard InChI is InChI=1S/C17H20N/c1-5-14-12(2)18(3,4)16-11-10-13-8-6-7-9-15(13)17(14)16/h6-11H,5H2,1-4H3/q+1. The molecule has 2 aromatic carbocycles. The van der Waals surface area contributed by atoms with Gasteiger partial charge in [0.2, 0.25) is 0 Å². The van der Waals surface area contributed by atoms with Gasteiger partial charge in [-0.25, -0.2) is 0 Å². The van der Waals surface area contributed by atoms with Gasteiger partial charge in [-0.2, -0.15) is 0 Å². The molecule has 1 aliphatic heterocycles. The molecule has 0 N–H and O–H groups in total. The quantitative estimate of drug-likeness (QED) is 0.639. The first-order valence-electron chi connectivity index (χ1n) is 6.64. The van der Waals surface area contributed by atoms with Crippen molar-refractivity contribution in [2.75, 3.05) is 14.1 Å². The zero-order valence-corrected chi connectivity index (χ0v) is 11.6. The normalized spacial score (nSPS) is 17.3. The van der Waals surface area contributed by atoms with Crippen LogP contribution in [0.5, 0.6) is 0 Å². The molecule has 0 amide bonds. The zero-order chi connectivity index (χ0) is 12.9. The molecule has 1 nitrogen and oxygen atoms in total. The number of hydrogen-bond donors (Lipinski definition) is 0. The van der Waals surface area contributed by atoms with E-state index in [1.54, 1.807) is 0 Å². The molecule has 0 bridgehead atoms. The smallest absolute Gasteiger partial charge is 0.145 e. The zero-order valence-electron chi connectivity index (χ0n) is 11.6. The van der Waals surface area contributed by atoms with Crippen molar-refractivity contribution in [2.45, 2.75) is 20.3 Å². The molecule has 0 atom stereocenters. The molecule has 1 heteroatoms. The molecule has 0 saturated carbocycles. The number of nitrogens with zero attached hydrogens (tertiary/aromatic N) is 1. The lowest BCUT2D eigenvalue weighted by molar-refractivity contribution is 0.506. The molecule has 92 valence electrons. The van der Waals surface area contributed by atoms with Crippen LogP contribution in [-0.4, -0.2) is 14.1 Å². The van der Waals surface area contributed by atoms with Gasteiger partial charge in [0.1, 0.15) is 11.4 Å². The Bertz CT molecular complexity index is 662. The molecule has 18 heavy (non-hydrogen) atoms. The Morgan fingerprint density at radius 3 is 2.44 bits per heavy atom. The molecule has 0 saturated heterocycles. The second-order valence-electron chi connectivity index (χ2n) is 5.55. The van der Waals surface area contributed by atoms with Crippen LogP contribution in [0.1, 0.15) is 25.8 Å². The van der Waals surface area contributed by atoms with Crippen LogP contribution in [0.25, 0.3) is 16.3 Å². The summed E-state index contributed by atoms with van der Waals surface area (Å²) in [5.41, 5.74) is 5.90. The lowest BCUT2D eigenvalue weighted by atomic mass is 9.96. The van der Waals surface area contributed by atoms with E-state index < -0.39 is 0 Å². The van der Waals surface area contributed by atoms with Gasteiger partial charge >= 0.3 is 0 Å². The molecular formula is C17H20N+. The van der Waals surface area contributed by atoms with Crippen molar-refractivity contribution in [1.29, 1.82) is 0 Å². The van der Waals surface area contributed by atoms with Gasteiger partial charge in [0.15, 0.2) is 0 Å². The van der Waals surface area contributed by atoms with E-state index in [-0.39, 0.29) is 0 Å². The van der Waals surface area contributed by atoms with Crippen LogP contribution < -0.4 is 4.48 Å². The Hall–Kier alpha value is -1.60. The first kappa shape index (κ1) is 11.5. The number of allylic oxidation sites excluding steroid dienone is 2. The average Bonchev–Trinajstić information content (AvgIpc) is 2.58. The summed E-state index contributed by atoms with van der Waals surface area (Å²) in [4.78, 5) is 0. The number of fused-ring (bicyclic) bond motifs is 3. The first-order chi connectivity index (χ1) is 8.57. The van der Waals surface area contributed by atoms with E-state index in [2.05, 4.69) is 64.3 Å². The molecule has 0 radical (unpaired) electrons. The summed E-state index contributed by atoms with van der Waals surface area (Å²) in [6, 6.07) is 13.3. The molecule has 0 aliphatic carbocycles. The molecule has 0 unspecified atom stereocenters. The highest BCUT2D eigenvalue weighted by Gasteiger charge is 2.36. The SMILES string of the molecule is CCC1=C(C)[N+](C)(C)c2ccc3ccccc3c21. The van der Waals surface area contributed by atoms with Crippen molar-refractivity contribution in [3.05, 3.63) is 47.7 Å². The summed E-state index contributed by atoms with van der Waals surface area (Å²) in [5.74, 6) is 0. The fourth-order valence-corrected chi connectivity index (χ4v) is 3.17. The molecule has 2 aromatic rings. The molecule has 0 spiro atoms. The minimum atomic E-state index is 0.892. The Kier molecular flexibility index (Phi) is 2.36. The van der Waals surface area contributed by atoms with Crippen LogP contribution in [-0.2, 0) is 0 Å². The van der Waals surface area contributed by atoms with Gasteiger partial charge in [0.05, 0.1) is 19.7 Å². The Morgan fingerprint density at radius 1 is 1.00 bits per heavy atom. The highest BCUT2D eigenvalue weighted by atomic mass is 15.3. The lowest BCUT2D eigenvalue weighted by Crippen LogP contribution is -2.36. The topological polar surface area (TPSA) is 0 Å². The van der Waals surface area contributed by atoms with E-state index in [0.29, 0.717) is 0 Å². The van der Waals surface area contributed by atoms with Crippen molar-refractivity contribution >= 4 is 22.0 Å². The third-order valence-corrected chi connectivity index (χ3v) is 4.44. The Morgan fingerprint density at radius 2 is 1.72 bits per heavy atom. The molecule has 1 heterocycles. The summed E-state index contributed by atoms with van der Waals surface area (Å²) >= 11 is 0.